The zero-order chi connectivity index (χ0) is 15.6. The minimum atomic E-state index is -0.00139. The molecule has 122 valence electrons. The molecular weight excluding hydrogens is 312 g/mol. The van der Waals surface area contributed by atoms with E-state index in [0.29, 0.717) is 18.0 Å². The average Bonchev–Trinajstić information content (AvgIpc) is 3.32. The molecule has 6 nitrogen and oxygen atoms in total. The maximum absolute atomic E-state index is 13.0. The average molecular weight is 332 g/mol. The monoisotopic (exact) mass is 332 g/mol. The van der Waals surface area contributed by atoms with Crippen molar-refractivity contribution < 1.29 is 9.53 Å². The first kappa shape index (κ1) is 15.0. The van der Waals surface area contributed by atoms with E-state index in [4.69, 9.17) is 4.74 Å². The van der Waals surface area contributed by atoms with Crippen molar-refractivity contribution in [3.8, 4) is 0 Å². The number of hydrogen-bond acceptors (Lipinski definition) is 5. The topological polar surface area (TPSA) is 59.7 Å². The van der Waals surface area contributed by atoms with Crippen LogP contribution in [-0.4, -0.2) is 62.0 Å². The van der Waals surface area contributed by atoms with Crippen LogP contribution in [0.1, 0.15) is 29.8 Å². The highest BCUT2D eigenvalue weighted by Crippen LogP contribution is 2.25. The molecule has 2 saturated heterocycles. The molecule has 0 radical (unpaired) electrons. The lowest BCUT2D eigenvalue weighted by Crippen LogP contribution is -2.44. The molecule has 2 aliphatic heterocycles. The van der Waals surface area contributed by atoms with Gasteiger partial charge in [0.15, 0.2) is 0 Å². The highest BCUT2D eigenvalue weighted by molar-refractivity contribution is 7.99. The van der Waals surface area contributed by atoms with Gasteiger partial charge in [0.1, 0.15) is 5.69 Å². The Hall–Kier alpha value is -1.60. The molecular formula is C16H20N4O2S. The van der Waals surface area contributed by atoms with Crippen LogP contribution in [-0.2, 0) is 4.74 Å². The van der Waals surface area contributed by atoms with Crippen LogP contribution in [0.3, 0.4) is 0 Å². The lowest BCUT2D eigenvalue weighted by atomic mass is 10.1. The number of fused-ring (bicyclic) bond motifs is 1. The van der Waals surface area contributed by atoms with E-state index in [1.54, 1.807) is 16.8 Å². The van der Waals surface area contributed by atoms with Crippen molar-refractivity contribution in [2.75, 3.05) is 24.7 Å². The zero-order valence-corrected chi connectivity index (χ0v) is 13.7. The summed E-state index contributed by atoms with van der Waals surface area (Å²) in [6.45, 7) is 1.48. The third-order valence-electron chi connectivity index (χ3n) is 4.49. The van der Waals surface area contributed by atoms with Crippen LogP contribution in [0.2, 0.25) is 0 Å². The molecule has 23 heavy (non-hydrogen) atoms. The number of carbonyl (C=O) groups is 1. The molecule has 2 aliphatic rings. The molecule has 0 aliphatic carbocycles. The van der Waals surface area contributed by atoms with Crippen molar-refractivity contribution in [2.45, 2.75) is 31.4 Å². The molecule has 7 heteroatoms. The molecule has 2 aromatic rings. The number of imidazole rings is 1. The maximum Gasteiger partial charge on any atom is 0.274 e. The Kier molecular flexibility index (Phi) is 4.22. The van der Waals surface area contributed by atoms with Gasteiger partial charge in [-0.1, -0.05) is 0 Å². The molecule has 0 spiro atoms. The molecule has 1 amide bonds. The van der Waals surface area contributed by atoms with Crippen LogP contribution >= 0.6 is 11.8 Å². The molecule has 4 rings (SSSR count). The van der Waals surface area contributed by atoms with E-state index in [0.717, 1.165) is 37.4 Å². The molecule has 2 aromatic heterocycles. The number of aromatic nitrogens is 3. The van der Waals surface area contributed by atoms with Crippen LogP contribution in [0.4, 0.5) is 0 Å². The standard InChI is InChI=1S/C16H20N4O2S/c21-15(14-10-19-6-2-5-17-16(19)18-14)20(12-4-8-23-11-12)9-13-3-1-7-22-13/h2,5-6,10,12-13H,1,3-4,7-9,11H2/t12-,13-/m0/s1. The van der Waals surface area contributed by atoms with Gasteiger partial charge in [-0.05, 0) is 31.1 Å². The van der Waals surface area contributed by atoms with Crippen molar-refractivity contribution >= 4 is 23.4 Å². The van der Waals surface area contributed by atoms with Crippen LogP contribution < -0.4 is 0 Å². The molecule has 0 aromatic carbocycles. The number of nitrogens with zero attached hydrogens (tertiary/aromatic N) is 4. The highest BCUT2D eigenvalue weighted by atomic mass is 32.2. The summed E-state index contributed by atoms with van der Waals surface area (Å²) >= 11 is 1.91. The zero-order valence-electron chi connectivity index (χ0n) is 12.9. The van der Waals surface area contributed by atoms with Gasteiger partial charge in [-0.15, -0.1) is 0 Å². The van der Waals surface area contributed by atoms with Gasteiger partial charge in [-0.3, -0.25) is 9.20 Å². The quantitative estimate of drug-likeness (QED) is 0.855. The lowest BCUT2D eigenvalue weighted by molar-refractivity contribution is 0.0438. The van der Waals surface area contributed by atoms with E-state index in [1.165, 1.54) is 0 Å². The molecule has 0 bridgehead atoms. The largest absolute Gasteiger partial charge is 0.376 e. The normalized spacial score (nSPS) is 24.3. The molecule has 0 saturated carbocycles. The number of thioether (sulfide) groups is 1. The Labute approximate surface area is 139 Å². The van der Waals surface area contributed by atoms with Crippen LogP contribution in [0.25, 0.3) is 5.78 Å². The first-order chi connectivity index (χ1) is 11.3. The van der Waals surface area contributed by atoms with Crippen molar-refractivity contribution in [1.82, 2.24) is 19.3 Å². The third kappa shape index (κ3) is 3.07. The van der Waals surface area contributed by atoms with E-state index in [-0.39, 0.29) is 18.1 Å². The van der Waals surface area contributed by atoms with Crippen molar-refractivity contribution in [3.05, 3.63) is 30.4 Å². The second-order valence-electron chi connectivity index (χ2n) is 6.06. The summed E-state index contributed by atoms with van der Waals surface area (Å²) in [7, 11) is 0. The van der Waals surface area contributed by atoms with Gasteiger partial charge >= 0.3 is 0 Å². The number of amides is 1. The van der Waals surface area contributed by atoms with E-state index in [1.807, 2.05) is 28.9 Å². The van der Waals surface area contributed by atoms with Gasteiger partial charge in [0.2, 0.25) is 5.78 Å². The lowest BCUT2D eigenvalue weighted by Gasteiger charge is -2.30. The molecule has 4 heterocycles. The Morgan fingerprint density at radius 3 is 3.17 bits per heavy atom. The van der Waals surface area contributed by atoms with Gasteiger partial charge in [0, 0.05) is 43.5 Å². The smallest absolute Gasteiger partial charge is 0.274 e. The predicted octanol–water partition coefficient (Wildman–Crippen LogP) is 1.86. The Bertz CT molecular complexity index is 659. The molecule has 2 atom stereocenters. The SMILES string of the molecule is O=C(c1cn2cccnc2n1)N(C[C@@H]1CCCO1)[C@H]1CCSC1. The fourth-order valence-corrected chi connectivity index (χ4v) is 4.48. The maximum atomic E-state index is 13.0. The van der Waals surface area contributed by atoms with Gasteiger partial charge in [-0.2, -0.15) is 11.8 Å². The summed E-state index contributed by atoms with van der Waals surface area (Å²) in [5.74, 6) is 2.68. The minimum Gasteiger partial charge on any atom is -0.376 e. The third-order valence-corrected chi connectivity index (χ3v) is 5.63. The van der Waals surface area contributed by atoms with Crippen LogP contribution in [0.15, 0.2) is 24.7 Å². The van der Waals surface area contributed by atoms with Gasteiger partial charge in [-0.25, -0.2) is 9.97 Å². The fraction of sp³-hybridized carbons (Fsp3) is 0.562. The first-order valence-electron chi connectivity index (χ1n) is 8.11. The first-order valence-corrected chi connectivity index (χ1v) is 9.27. The summed E-state index contributed by atoms with van der Waals surface area (Å²) < 4.78 is 7.54. The van der Waals surface area contributed by atoms with Gasteiger partial charge in [0.25, 0.3) is 5.91 Å². The van der Waals surface area contributed by atoms with Crippen molar-refractivity contribution in [1.29, 1.82) is 0 Å². The molecule has 0 unspecified atom stereocenters. The second-order valence-corrected chi connectivity index (χ2v) is 7.21. The Morgan fingerprint density at radius 1 is 1.48 bits per heavy atom. The number of rotatable bonds is 4. The van der Waals surface area contributed by atoms with Gasteiger partial charge in [0.05, 0.1) is 6.10 Å². The number of hydrogen-bond donors (Lipinski definition) is 0. The van der Waals surface area contributed by atoms with Crippen molar-refractivity contribution in [2.24, 2.45) is 0 Å². The minimum absolute atomic E-state index is 0.00139. The highest BCUT2D eigenvalue weighted by Gasteiger charge is 2.32. The summed E-state index contributed by atoms with van der Waals surface area (Å²) in [6.07, 6.45) is 8.67. The van der Waals surface area contributed by atoms with E-state index >= 15 is 0 Å². The molecule has 0 N–H and O–H groups in total. The number of carbonyl (C=O) groups excluding carboxylic acids is 1. The van der Waals surface area contributed by atoms with Crippen LogP contribution in [0.5, 0.6) is 0 Å². The van der Waals surface area contributed by atoms with Crippen LogP contribution in [0, 0.1) is 0 Å². The van der Waals surface area contributed by atoms with E-state index in [2.05, 4.69) is 9.97 Å². The van der Waals surface area contributed by atoms with Gasteiger partial charge < -0.3 is 9.64 Å². The Morgan fingerprint density at radius 2 is 2.43 bits per heavy atom. The summed E-state index contributed by atoms with van der Waals surface area (Å²) in [5, 5.41) is 0. The predicted molar refractivity (Wildman–Crippen MR) is 88.7 cm³/mol. The summed E-state index contributed by atoms with van der Waals surface area (Å²) in [6, 6.07) is 2.12. The summed E-state index contributed by atoms with van der Waals surface area (Å²) in [5.41, 5.74) is 0.471. The molecule has 2 fully saturated rings. The Balaban J connectivity index is 1.59. The summed E-state index contributed by atoms with van der Waals surface area (Å²) in [4.78, 5) is 23.6. The number of ether oxygens (including phenoxy) is 1. The van der Waals surface area contributed by atoms with E-state index in [9.17, 15) is 4.79 Å². The fourth-order valence-electron chi connectivity index (χ4n) is 3.25. The van der Waals surface area contributed by atoms with Crippen molar-refractivity contribution in [3.63, 3.8) is 0 Å². The van der Waals surface area contributed by atoms with E-state index < -0.39 is 0 Å². The second kappa shape index (κ2) is 6.49.